The minimum absolute atomic E-state index is 0.00333. The van der Waals surface area contributed by atoms with E-state index in [1.807, 2.05) is 6.92 Å². The fourth-order valence-corrected chi connectivity index (χ4v) is 2.86. The Morgan fingerprint density at radius 1 is 1.15 bits per heavy atom. The molecule has 0 heterocycles. The Hall–Kier alpha value is -4.78. The average Bonchev–Trinajstić information content (AvgIpc) is 2.83. The number of hydrogen-bond acceptors (Lipinski definition) is 7. The first-order valence-electron chi connectivity index (χ1n) is 10.1. The number of carbonyl (C=O) groups is 1. The van der Waals surface area contributed by atoms with Gasteiger partial charge in [0.05, 0.1) is 34.9 Å². The van der Waals surface area contributed by atoms with E-state index in [1.54, 1.807) is 36.4 Å². The summed E-state index contributed by atoms with van der Waals surface area (Å²) < 4.78 is 25.3. The Morgan fingerprint density at radius 2 is 1.91 bits per heavy atom. The monoisotopic (exact) mass is 462 g/mol. The number of hydrazone groups is 1. The van der Waals surface area contributed by atoms with Crippen LogP contribution in [0.4, 0.5) is 10.1 Å². The summed E-state index contributed by atoms with van der Waals surface area (Å²) >= 11 is 0. The van der Waals surface area contributed by atoms with Gasteiger partial charge in [0.2, 0.25) is 0 Å². The number of halogens is 1. The van der Waals surface area contributed by atoms with E-state index in [9.17, 15) is 19.3 Å². The van der Waals surface area contributed by atoms with Gasteiger partial charge in [-0.3, -0.25) is 14.9 Å². The molecule has 10 heteroatoms. The van der Waals surface area contributed by atoms with E-state index in [0.717, 1.165) is 11.6 Å². The zero-order valence-electron chi connectivity index (χ0n) is 18.0. The standard InChI is InChI=1S/C24H19FN4O5/c1-2-33-23-12-18(14-27-28-24(30)20-9-5-17(13-26)11-21(20)25)6-10-22(23)34-15-16-3-7-19(8-4-16)29(31)32/h3-12,14H,2,15H2,1H3,(H,28,30)/b27-14-. The van der Waals surface area contributed by atoms with Gasteiger partial charge in [-0.15, -0.1) is 0 Å². The molecule has 3 aromatic carbocycles. The summed E-state index contributed by atoms with van der Waals surface area (Å²) in [6.07, 6.45) is 1.36. The third-order valence-electron chi connectivity index (χ3n) is 4.53. The van der Waals surface area contributed by atoms with Crippen molar-refractivity contribution in [2.45, 2.75) is 13.5 Å². The lowest BCUT2D eigenvalue weighted by molar-refractivity contribution is -0.384. The largest absolute Gasteiger partial charge is 0.490 e. The molecule has 0 atom stereocenters. The van der Waals surface area contributed by atoms with Crippen LogP contribution >= 0.6 is 0 Å². The van der Waals surface area contributed by atoms with E-state index >= 15 is 0 Å². The lowest BCUT2D eigenvalue weighted by atomic mass is 10.1. The Morgan fingerprint density at radius 3 is 2.56 bits per heavy atom. The summed E-state index contributed by atoms with van der Waals surface area (Å²) in [6.45, 7) is 2.37. The number of nitriles is 1. The number of rotatable bonds is 9. The van der Waals surface area contributed by atoms with Crippen LogP contribution in [-0.4, -0.2) is 23.7 Å². The van der Waals surface area contributed by atoms with E-state index in [0.29, 0.717) is 23.7 Å². The molecule has 1 N–H and O–H groups in total. The average molecular weight is 462 g/mol. The first kappa shape index (κ1) is 23.9. The van der Waals surface area contributed by atoms with Gasteiger partial charge in [-0.25, -0.2) is 9.82 Å². The summed E-state index contributed by atoms with van der Waals surface area (Å²) in [5, 5.41) is 23.4. The van der Waals surface area contributed by atoms with Gasteiger partial charge in [0.15, 0.2) is 11.5 Å². The number of non-ortho nitro benzene ring substituents is 1. The van der Waals surface area contributed by atoms with Gasteiger partial charge in [-0.05, 0) is 66.6 Å². The number of nitro groups is 1. The van der Waals surface area contributed by atoms with Gasteiger partial charge in [0, 0.05) is 12.1 Å². The van der Waals surface area contributed by atoms with Crippen LogP contribution in [0.25, 0.3) is 0 Å². The molecule has 172 valence electrons. The predicted molar refractivity (Wildman–Crippen MR) is 121 cm³/mol. The van der Waals surface area contributed by atoms with Crippen LogP contribution in [0.15, 0.2) is 65.8 Å². The fourth-order valence-electron chi connectivity index (χ4n) is 2.86. The van der Waals surface area contributed by atoms with Gasteiger partial charge in [-0.2, -0.15) is 10.4 Å². The van der Waals surface area contributed by atoms with Crippen molar-refractivity contribution in [1.29, 1.82) is 5.26 Å². The van der Waals surface area contributed by atoms with Crippen molar-refractivity contribution in [2.75, 3.05) is 6.61 Å². The van der Waals surface area contributed by atoms with Crippen LogP contribution in [-0.2, 0) is 6.61 Å². The maximum absolute atomic E-state index is 13.9. The van der Waals surface area contributed by atoms with Gasteiger partial charge >= 0.3 is 0 Å². The minimum Gasteiger partial charge on any atom is -0.490 e. The smallest absolute Gasteiger partial charge is 0.274 e. The third-order valence-corrected chi connectivity index (χ3v) is 4.53. The van der Waals surface area contributed by atoms with Gasteiger partial charge in [0.1, 0.15) is 12.4 Å². The second-order valence-electron chi connectivity index (χ2n) is 6.86. The highest BCUT2D eigenvalue weighted by molar-refractivity contribution is 5.95. The maximum atomic E-state index is 13.9. The molecule has 9 nitrogen and oxygen atoms in total. The van der Waals surface area contributed by atoms with E-state index in [-0.39, 0.29) is 23.4 Å². The molecule has 0 saturated carbocycles. The number of nitro benzene ring substituents is 1. The zero-order valence-corrected chi connectivity index (χ0v) is 18.0. The summed E-state index contributed by atoms with van der Waals surface area (Å²) in [5.41, 5.74) is 3.44. The van der Waals surface area contributed by atoms with Crippen LogP contribution in [0, 0.1) is 27.3 Å². The third kappa shape index (κ3) is 6.14. The molecule has 0 fully saturated rings. The Kier molecular flexibility index (Phi) is 7.86. The molecule has 0 saturated heterocycles. The molecule has 0 bridgehead atoms. The van der Waals surface area contributed by atoms with Crippen molar-refractivity contribution < 1.29 is 23.6 Å². The van der Waals surface area contributed by atoms with Crippen LogP contribution in [0.3, 0.4) is 0 Å². The molecule has 0 unspecified atom stereocenters. The first-order valence-corrected chi connectivity index (χ1v) is 10.1. The minimum atomic E-state index is -0.820. The SMILES string of the molecule is CCOc1cc(/C=N\NC(=O)c2ccc(C#N)cc2F)ccc1OCc1ccc([N+](=O)[O-])cc1. The highest BCUT2D eigenvalue weighted by Gasteiger charge is 2.12. The summed E-state index contributed by atoms with van der Waals surface area (Å²) in [6, 6.07) is 16.4. The molecule has 34 heavy (non-hydrogen) atoms. The molecule has 0 radical (unpaired) electrons. The second kappa shape index (κ2) is 11.2. The number of hydrogen-bond donors (Lipinski definition) is 1. The van der Waals surface area contributed by atoms with Crippen LogP contribution in [0.1, 0.15) is 34.0 Å². The summed E-state index contributed by atoms with van der Waals surface area (Å²) in [4.78, 5) is 22.4. The highest BCUT2D eigenvalue weighted by Crippen LogP contribution is 2.29. The number of carbonyl (C=O) groups excluding carboxylic acids is 1. The van der Waals surface area contributed by atoms with Crippen molar-refractivity contribution >= 4 is 17.8 Å². The lowest BCUT2D eigenvalue weighted by Crippen LogP contribution is -2.19. The molecule has 0 spiro atoms. The number of benzene rings is 3. The van der Waals surface area contributed by atoms with E-state index in [1.165, 1.54) is 30.5 Å². The molecule has 1 amide bonds. The van der Waals surface area contributed by atoms with Crippen molar-refractivity contribution in [1.82, 2.24) is 5.43 Å². The second-order valence-corrected chi connectivity index (χ2v) is 6.86. The van der Waals surface area contributed by atoms with E-state index in [2.05, 4.69) is 10.5 Å². The summed E-state index contributed by atoms with van der Waals surface area (Å²) in [5.74, 6) is -0.676. The van der Waals surface area contributed by atoms with E-state index < -0.39 is 16.6 Å². The van der Waals surface area contributed by atoms with Crippen LogP contribution < -0.4 is 14.9 Å². The topological polar surface area (TPSA) is 127 Å². The van der Waals surface area contributed by atoms with Gasteiger partial charge in [0.25, 0.3) is 11.6 Å². The number of ether oxygens (including phenoxy) is 2. The number of amides is 1. The number of nitrogens with one attached hydrogen (secondary N) is 1. The van der Waals surface area contributed by atoms with Gasteiger partial charge in [-0.1, -0.05) is 0 Å². The molecule has 0 aliphatic rings. The van der Waals surface area contributed by atoms with Crippen molar-refractivity contribution in [3.8, 4) is 17.6 Å². The van der Waals surface area contributed by atoms with Crippen molar-refractivity contribution in [2.24, 2.45) is 5.10 Å². The first-order chi connectivity index (χ1) is 16.4. The summed E-state index contributed by atoms with van der Waals surface area (Å²) in [7, 11) is 0. The number of nitrogens with zero attached hydrogens (tertiary/aromatic N) is 3. The molecule has 0 aliphatic carbocycles. The van der Waals surface area contributed by atoms with Crippen LogP contribution in [0.5, 0.6) is 11.5 Å². The van der Waals surface area contributed by atoms with E-state index in [4.69, 9.17) is 14.7 Å². The highest BCUT2D eigenvalue weighted by atomic mass is 19.1. The molecular weight excluding hydrogens is 443 g/mol. The Labute approximate surface area is 194 Å². The zero-order chi connectivity index (χ0) is 24.5. The lowest BCUT2D eigenvalue weighted by Gasteiger charge is -2.12. The maximum Gasteiger partial charge on any atom is 0.274 e. The normalized spacial score (nSPS) is 10.5. The molecule has 0 aliphatic heterocycles. The Balaban J connectivity index is 1.66. The molecule has 3 rings (SSSR count). The molecular formula is C24H19FN4O5. The fraction of sp³-hybridized carbons (Fsp3) is 0.125. The molecule has 0 aromatic heterocycles. The quantitative estimate of drug-likeness (QED) is 0.286. The van der Waals surface area contributed by atoms with Crippen LogP contribution in [0.2, 0.25) is 0 Å². The molecule has 3 aromatic rings. The van der Waals surface area contributed by atoms with Gasteiger partial charge < -0.3 is 9.47 Å². The van der Waals surface area contributed by atoms with Crippen molar-refractivity contribution in [3.63, 3.8) is 0 Å². The van der Waals surface area contributed by atoms with Crippen molar-refractivity contribution in [3.05, 3.63) is 98.8 Å². The predicted octanol–water partition coefficient (Wildman–Crippen LogP) is 4.35. The Bertz CT molecular complexity index is 1270.